The lowest BCUT2D eigenvalue weighted by molar-refractivity contribution is -0.144. The molecule has 0 bridgehead atoms. The van der Waals surface area contributed by atoms with E-state index in [1.54, 1.807) is 0 Å². The van der Waals surface area contributed by atoms with Crippen LogP contribution >= 0.6 is 11.6 Å². The number of phenolic OH excluding ortho intramolecular Hbond substituents is 1. The standard InChI is InChI=1S/C22H19ClN2O3/c23-18-11-12-20(26)19(13-18)24-21(27)22(28)25(14-16-7-3-1-4-8-16)15-17-9-5-2-6-10-17/h1-13,26H,14-15H2,(H,24,27). The van der Waals surface area contributed by atoms with Crippen LogP contribution in [0.1, 0.15) is 11.1 Å². The number of rotatable bonds is 5. The Kier molecular flexibility index (Phi) is 6.29. The van der Waals surface area contributed by atoms with Crippen LogP contribution < -0.4 is 5.32 Å². The Labute approximate surface area is 168 Å². The molecule has 0 spiro atoms. The number of carbonyl (C=O) groups is 2. The fourth-order valence-electron chi connectivity index (χ4n) is 2.73. The van der Waals surface area contributed by atoms with Gasteiger partial charge in [0.1, 0.15) is 5.75 Å². The van der Waals surface area contributed by atoms with Crippen LogP contribution in [0.2, 0.25) is 5.02 Å². The highest BCUT2D eigenvalue weighted by molar-refractivity contribution is 6.40. The van der Waals surface area contributed by atoms with Gasteiger partial charge in [-0.3, -0.25) is 9.59 Å². The van der Waals surface area contributed by atoms with Crippen molar-refractivity contribution in [2.75, 3.05) is 5.32 Å². The molecule has 3 rings (SSSR count). The summed E-state index contributed by atoms with van der Waals surface area (Å²) in [5.74, 6) is -1.71. The van der Waals surface area contributed by atoms with E-state index in [1.807, 2.05) is 60.7 Å². The Bertz CT molecular complexity index is 921. The average Bonchev–Trinajstić information content (AvgIpc) is 2.71. The molecule has 6 heteroatoms. The van der Waals surface area contributed by atoms with Crippen molar-refractivity contribution in [3.05, 3.63) is 95.0 Å². The van der Waals surface area contributed by atoms with Gasteiger partial charge in [0.05, 0.1) is 5.69 Å². The van der Waals surface area contributed by atoms with Gasteiger partial charge in [-0.05, 0) is 29.3 Å². The first-order valence-corrected chi connectivity index (χ1v) is 9.07. The van der Waals surface area contributed by atoms with Crippen LogP contribution in [0.15, 0.2) is 78.9 Å². The van der Waals surface area contributed by atoms with Crippen LogP contribution in [0.3, 0.4) is 0 Å². The molecule has 0 unspecified atom stereocenters. The lowest BCUT2D eigenvalue weighted by atomic mass is 10.1. The van der Waals surface area contributed by atoms with E-state index < -0.39 is 11.8 Å². The molecule has 0 radical (unpaired) electrons. The molecule has 2 N–H and O–H groups in total. The Morgan fingerprint density at radius 1 is 0.857 bits per heavy atom. The van der Waals surface area contributed by atoms with Gasteiger partial charge in [0, 0.05) is 18.1 Å². The van der Waals surface area contributed by atoms with Gasteiger partial charge in [0.15, 0.2) is 0 Å². The Balaban J connectivity index is 1.80. The predicted octanol–water partition coefficient (Wildman–Crippen LogP) is 4.21. The maximum Gasteiger partial charge on any atom is 0.314 e. The highest BCUT2D eigenvalue weighted by atomic mass is 35.5. The van der Waals surface area contributed by atoms with Crippen molar-refractivity contribution >= 4 is 29.1 Å². The molecule has 5 nitrogen and oxygen atoms in total. The Morgan fingerprint density at radius 2 is 1.39 bits per heavy atom. The zero-order valence-electron chi connectivity index (χ0n) is 15.0. The van der Waals surface area contributed by atoms with E-state index in [0.29, 0.717) is 5.02 Å². The summed E-state index contributed by atoms with van der Waals surface area (Å²) in [6, 6.07) is 23.1. The molecule has 0 aliphatic carbocycles. The van der Waals surface area contributed by atoms with Gasteiger partial charge in [0.2, 0.25) is 0 Å². The third kappa shape index (κ3) is 5.11. The van der Waals surface area contributed by atoms with Gasteiger partial charge in [0.25, 0.3) is 0 Å². The van der Waals surface area contributed by atoms with Crippen LogP contribution in [0.4, 0.5) is 5.69 Å². The topological polar surface area (TPSA) is 69.6 Å². The summed E-state index contributed by atoms with van der Waals surface area (Å²) in [5.41, 5.74) is 1.90. The molecule has 0 atom stereocenters. The van der Waals surface area contributed by atoms with Crippen molar-refractivity contribution in [1.29, 1.82) is 0 Å². The van der Waals surface area contributed by atoms with E-state index in [1.165, 1.54) is 23.1 Å². The first-order chi connectivity index (χ1) is 13.5. The lowest BCUT2D eigenvalue weighted by Crippen LogP contribution is -2.39. The summed E-state index contributed by atoms with van der Waals surface area (Å²) >= 11 is 5.90. The number of nitrogens with one attached hydrogen (secondary N) is 1. The molecule has 0 saturated carbocycles. The summed E-state index contributed by atoms with van der Waals surface area (Å²) in [6.07, 6.45) is 0. The van der Waals surface area contributed by atoms with Crippen molar-refractivity contribution in [2.45, 2.75) is 13.1 Å². The van der Waals surface area contributed by atoms with Crippen LogP contribution in [0, 0.1) is 0 Å². The highest BCUT2D eigenvalue weighted by Gasteiger charge is 2.23. The highest BCUT2D eigenvalue weighted by Crippen LogP contribution is 2.26. The lowest BCUT2D eigenvalue weighted by Gasteiger charge is -2.22. The molecule has 2 amide bonds. The van der Waals surface area contributed by atoms with Crippen molar-refractivity contribution in [1.82, 2.24) is 4.90 Å². The van der Waals surface area contributed by atoms with Crippen LogP contribution in [0.5, 0.6) is 5.75 Å². The number of phenols is 1. The third-order valence-corrected chi connectivity index (χ3v) is 4.36. The second-order valence-electron chi connectivity index (χ2n) is 6.25. The minimum absolute atomic E-state index is 0.0882. The molecular formula is C22H19ClN2O3. The molecular weight excluding hydrogens is 376 g/mol. The largest absolute Gasteiger partial charge is 0.506 e. The second-order valence-corrected chi connectivity index (χ2v) is 6.68. The zero-order valence-corrected chi connectivity index (χ0v) is 15.8. The van der Waals surface area contributed by atoms with Crippen molar-refractivity contribution in [2.24, 2.45) is 0 Å². The summed E-state index contributed by atoms with van der Waals surface area (Å²) in [7, 11) is 0. The smallest absolute Gasteiger partial charge is 0.314 e. The first kappa shape index (κ1) is 19.5. The van der Waals surface area contributed by atoms with Crippen molar-refractivity contribution in [3.8, 4) is 5.75 Å². The molecule has 0 aromatic heterocycles. The number of nitrogens with zero attached hydrogens (tertiary/aromatic N) is 1. The van der Waals surface area contributed by atoms with E-state index in [9.17, 15) is 14.7 Å². The van der Waals surface area contributed by atoms with Gasteiger partial charge >= 0.3 is 11.8 Å². The molecule has 0 heterocycles. The Hall–Kier alpha value is -3.31. The molecule has 3 aromatic carbocycles. The minimum Gasteiger partial charge on any atom is -0.506 e. The van der Waals surface area contributed by atoms with E-state index in [-0.39, 0.29) is 24.5 Å². The normalized spacial score (nSPS) is 10.3. The molecule has 142 valence electrons. The van der Waals surface area contributed by atoms with Gasteiger partial charge in [-0.15, -0.1) is 0 Å². The number of hydrogen-bond acceptors (Lipinski definition) is 3. The molecule has 28 heavy (non-hydrogen) atoms. The summed E-state index contributed by atoms with van der Waals surface area (Å²) in [6.45, 7) is 0.563. The van der Waals surface area contributed by atoms with E-state index in [2.05, 4.69) is 5.32 Å². The first-order valence-electron chi connectivity index (χ1n) is 8.69. The molecule has 0 fully saturated rings. The monoisotopic (exact) mass is 394 g/mol. The molecule has 0 aliphatic heterocycles. The number of aromatic hydroxyl groups is 1. The summed E-state index contributed by atoms with van der Waals surface area (Å²) in [5, 5.41) is 12.7. The van der Waals surface area contributed by atoms with E-state index in [4.69, 9.17) is 11.6 Å². The van der Waals surface area contributed by atoms with Crippen LogP contribution in [0.25, 0.3) is 0 Å². The number of carbonyl (C=O) groups excluding carboxylic acids is 2. The number of hydrogen-bond donors (Lipinski definition) is 2. The van der Waals surface area contributed by atoms with Crippen molar-refractivity contribution in [3.63, 3.8) is 0 Å². The maximum absolute atomic E-state index is 12.9. The number of amides is 2. The van der Waals surface area contributed by atoms with E-state index in [0.717, 1.165) is 11.1 Å². The number of anilines is 1. The van der Waals surface area contributed by atoms with E-state index >= 15 is 0 Å². The zero-order chi connectivity index (χ0) is 19.9. The predicted molar refractivity (Wildman–Crippen MR) is 109 cm³/mol. The van der Waals surface area contributed by atoms with Crippen LogP contribution in [-0.2, 0) is 22.7 Å². The molecule has 0 saturated heterocycles. The molecule has 3 aromatic rings. The minimum atomic E-state index is -0.843. The Morgan fingerprint density at radius 3 is 1.93 bits per heavy atom. The third-order valence-electron chi connectivity index (χ3n) is 4.12. The van der Waals surface area contributed by atoms with Gasteiger partial charge in [-0.25, -0.2) is 0 Å². The van der Waals surface area contributed by atoms with Gasteiger partial charge in [-0.2, -0.15) is 0 Å². The summed E-state index contributed by atoms with van der Waals surface area (Å²) < 4.78 is 0. The molecule has 0 aliphatic rings. The van der Waals surface area contributed by atoms with Crippen LogP contribution in [-0.4, -0.2) is 21.8 Å². The quantitative estimate of drug-likeness (QED) is 0.503. The van der Waals surface area contributed by atoms with Gasteiger partial charge in [-0.1, -0.05) is 72.3 Å². The van der Waals surface area contributed by atoms with Gasteiger partial charge < -0.3 is 15.3 Å². The van der Waals surface area contributed by atoms with Crippen molar-refractivity contribution < 1.29 is 14.7 Å². The fourth-order valence-corrected chi connectivity index (χ4v) is 2.91. The fraction of sp³-hybridized carbons (Fsp3) is 0.0909. The SMILES string of the molecule is O=C(Nc1cc(Cl)ccc1O)C(=O)N(Cc1ccccc1)Cc1ccccc1. The number of halogens is 1. The number of benzene rings is 3. The maximum atomic E-state index is 12.9. The average molecular weight is 395 g/mol. The second kappa shape index (κ2) is 9.06. The summed E-state index contributed by atoms with van der Waals surface area (Å²) in [4.78, 5) is 26.9.